The molecule has 0 saturated heterocycles. The number of thiophene rings is 1. The summed E-state index contributed by atoms with van der Waals surface area (Å²) in [5, 5.41) is 21.9. The summed E-state index contributed by atoms with van der Waals surface area (Å²) in [6.45, 7) is 0. The van der Waals surface area contributed by atoms with Gasteiger partial charge in [0.2, 0.25) is 11.1 Å². The lowest BCUT2D eigenvalue weighted by Crippen LogP contribution is -2.16. The SMILES string of the molecule is N#Cc1c(NC(=O)CSc2nnc(-c3ccccc3Cl)n2N)sc2c1CCC2. The molecule has 0 fully saturated rings. The predicted molar refractivity (Wildman–Crippen MR) is 111 cm³/mol. The largest absolute Gasteiger partial charge is 0.335 e. The standard InChI is InChI=1S/C18H15ClN6OS2/c19-13-6-2-1-4-11(13)16-23-24-18(25(16)21)27-9-15(26)22-17-12(8-20)10-5-3-7-14(10)28-17/h1-2,4,6H,3,5,7,9,21H2,(H,22,26). The molecule has 2 heterocycles. The molecule has 0 aliphatic heterocycles. The molecule has 1 aliphatic rings. The van der Waals surface area contributed by atoms with E-state index in [9.17, 15) is 10.1 Å². The number of hydrogen-bond donors (Lipinski definition) is 2. The highest BCUT2D eigenvalue weighted by atomic mass is 35.5. The maximum Gasteiger partial charge on any atom is 0.235 e. The first kappa shape index (κ1) is 18.8. The van der Waals surface area contributed by atoms with Crippen LogP contribution in [0.4, 0.5) is 5.00 Å². The summed E-state index contributed by atoms with van der Waals surface area (Å²) in [6, 6.07) is 9.42. The normalized spacial score (nSPS) is 12.6. The Balaban J connectivity index is 1.44. The molecule has 1 aliphatic carbocycles. The number of carbonyl (C=O) groups excluding carboxylic acids is 1. The van der Waals surface area contributed by atoms with E-state index in [0.29, 0.717) is 32.1 Å². The molecule has 142 valence electrons. The summed E-state index contributed by atoms with van der Waals surface area (Å²) in [7, 11) is 0. The summed E-state index contributed by atoms with van der Waals surface area (Å²) in [5.41, 5.74) is 2.35. The Labute approximate surface area is 174 Å². The number of thioether (sulfide) groups is 1. The van der Waals surface area contributed by atoms with Gasteiger partial charge in [-0.2, -0.15) is 5.26 Å². The molecular weight excluding hydrogens is 416 g/mol. The Morgan fingerprint density at radius 2 is 2.21 bits per heavy atom. The molecule has 3 N–H and O–H groups in total. The molecular formula is C18H15ClN6OS2. The number of nitrogens with zero attached hydrogens (tertiary/aromatic N) is 4. The van der Waals surface area contributed by atoms with Crippen LogP contribution in [0, 0.1) is 11.3 Å². The highest BCUT2D eigenvalue weighted by Gasteiger charge is 2.23. The van der Waals surface area contributed by atoms with E-state index in [1.165, 1.54) is 32.7 Å². The predicted octanol–water partition coefficient (Wildman–Crippen LogP) is 3.46. The lowest BCUT2D eigenvalue weighted by Gasteiger charge is -2.06. The number of anilines is 1. The molecule has 0 spiro atoms. The van der Waals surface area contributed by atoms with Gasteiger partial charge in [-0.1, -0.05) is 35.5 Å². The zero-order valence-corrected chi connectivity index (χ0v) is 17.0. The van der Waals surface area contributed by atoms with E-state index >= 15 is 0 Å². The van der Waals surface area contributed by atoms with Crippen LogP contribution in [0.25, 0.3) is 11.4 Å². The maximum atomic E-state index is 12.4. The summed E-state index contributed by atoms with van der Waals surface area (Å²) in [6.07, 6.45) is 2.95. The Bertz CT molecular complexity index is 1100. The first-order valence-electron chi connectivity index (χ1n) is 8.51. The van der Waals surface area contributed by atoms with Gasteiger partial charge in [-0.3, -0.25) is 4.79 Å². The molecule has 7 nitrogen and oxygen atoms in total. The third-order valence-electron chi connectivity index (χ3n) is 4.40. The quantitative estimate of drug-likeness (QED) is 0.473. The molecule has 0 radical (unpaired) electrons. The van der Waals surface area contributed by atoms with E-state index in [-0.39, 0.29) is 11.7 Å². The van der Waals surface area contributed by atoms with Gasteiger partial charge in [0.15, 0.2) is 5.82 Å². The molecule has 28 heavy (non-hydrogen) atoms. The van der Waals surface area contributed by atoms with E-state index in [2.05, 4.69) is 21.6 Å². The summed E-state index contributed by atoms with van der Waals surface area (Å²) in [5.74, 6) is 6.39. The minimum atomic E-state index is -0.219. The van der Waals surface area contributed by atoms with Crippen LogP contribution in [0.2, 0.25) is 5.02 Å². The Kier molecular flexibility index (Phi) is 5.26. The van der Waals surface area contributed by atoms with E-state index < -0.39 is 0 Å². The number of amides is 1. The molecule has 0 unspecified atom stereocenters. The van der Waals surface area contributed by atoms with E-state index in [4.69, 9.17) is 17.4 Å². The number of nitriles is 1. The van der Waals surface area contributed by atoms with Crippen molar-refractivity contribution in [2.24, 2.45) is 0 Å². The summed E-state index contributed by atoms with van der Waals surface area (Å²) in [4.78, 5) is 13.6. The van der Waals surface area contributed by atoms with Crippen LogP contribution in [0.15, 0.2) is 29.4 Å². The van der Waals surface area contributed by atoms with Gasteiger partial charge in [0.1, 0.15) is 11.1 Å². The highest BCUT2D eigenvalue weighted by molar-refractivity contribution is 7.99. The number of aryl methyl sites for hydroxylation is 1. The Hall–Kier alpha value is -2.54. The van der Waals surface area contributed by atoms with Gasteiger partial charge in [-0.25, -0.2) is 4.68 Å². The van der Waals surface area contributed by atoms with E-state index in [0.717, 1.165) is 24.8 Å². The van der Waals surface area contributed by atoms with Crippen LogP contribution in [0.1, 0.15) is 22.4 Å². The molecule has 4 rings (SSSR count). The highest BCUT2D eigenvalue weighted by Crippen LogP contribution is 2.38. The fraction of sp³-hybridized carbons (Fsp3) is 0.222. The van der Waals surface area contributed by atoms with Crippen molar-refractivity contribution in [1.29, 1.82) is 5.26 Å². The van der Waals surface area contributed by atoms with Crippen molar-refractivity contribution in [3.63, 3.8) is 0 Å². The number of fused-ring (bicyclic) bond motifs is 1. The number of benzene rings is 1. The lowest BCUT2D eigenvalue weighted by molar-refractivity contribution is -0.113. The number of rotatable bonds is 5. The average molecular weight is 431 g/mol. The van der Waals surface area contributed by atoms with E-state index in [1.54, 1.807) is 12.1 Å². The van der Waals surface area contributed by atoms with Crippen LogP contribution < -0.4 is 11.2 Å². The van der Waals surface area contributed by atoms with Crippen molar-refractivity contribution in [3.05, 3.63) is 45.3 Å². The van der Waals surface area contributed by atoms with Crippen LogP contribution in [-0.2, 0) is 17.6 Å². The molecule has 10 heteroatoms. The third-order valence-corrected chi connectivity index (χ3v) is 6.88. The van der Waals surface area contributed by atoms with Gasteiger partial charge in [-0.05, 0) is 37.0 Å². The number of aromatic nitrogens is 3. The fourth-order valence-electron chi connectivity index (χ4n) is 3.11. The minimum Gasteiger partial charge on any atom is -0.335 e. The van der Waals surface area contributed by atoms with Crippen molar-refractivity contribution >= 4 is 45.6 Å². The zero-order valence-electron chi connectivity index (χ0n) is 14.6. The van der Waals surface area contributed by atoms with Crippen LogP contribution in [-0.4, -0.2) is 26.5 Å². The topological polar surface area (TPSA) is 110 Å². The van der Waals surface area contributed by atoms with Crippen molar-refractivity contribution < 1.29 is 4.79 Å². The molecule has 2 aromatic heterocycles. The second kappa shape index (κ2) is 7.83. The zero-order chi connectivity index (χ0) is 19.7. The second-order valence-corrected chi connectivity index (χ2v) is 8.62. The number of hydrogen-bond acceptors (Lipinski definition) is 7. The van der Waals surface area contributed by atoms with Gasteiger partial charge in [0.05, 0.1) is 16.3 Å². The first-order chi connectivity index (χ1) is 13.6. The molecule has 1 aromatic carbocycles. The maximum absolute atomic E-state index is 12.4. The van der Waals surface area contributed by atoms with Crippen LogP contribution in [0.3, 0.4) is 0 Å². The molecule has 0 atom stereocenters. The van der Waals surface area contributed by atoms with Gasteiger partial charge < -0.3 is 11.2 Å². The number of nitrogen functional groups attached to an aromatic ring is 1. The summed E-state index contributed by atoms with van der Waals surface area (Å²) >= 11 is 8.85. The van der Waals surface area contributed by atoms with Gasteiger partial charge in [0.25, 0.3) is 0 Å². The smallest absolute Gasteiger partial charge is 0.235 e. The second-order valence-electron chi connectivity index (χ2n) is 6.17. The average Bonchev–Trinajstić information content (AvgIpc) is 3.35. The Morgan fingerprint density at radius 3 is 3.00 bits per heavy atom. The van der Waals surface area contributed by atoms with Crippen molar-refractivity contribution in [2.45, 2.75) is 24.4 Å². The van der Waals surface area contributed by atoms with Crippen molar-refractivity contribution in [3.8, 4) is 17.5 Å². The number of carbonyl (C=O) groups is 1. The number of nitrogens with one attached hydrogen (secondary N) is 1. The van der Waals surface area contributed by atoms with Crippen molar-refractivity contribution in [2.75, 3.05) is 16.9 Å². The molecule has 0 bridgehead atoms. The molecule has 0 saturated carbocycles. The molecule has 1 amide bonds. The lowest BCUT2D eigenvalue weighted by atomic mass is 10.1. The Morgan fingerprint density at radius 1 is 1.39 bits per heavy atom. The first-order valence-corrected chi connectivity index (χ1v) is 10.7. The summed E-state index contributed by atoms with van der Waals surface area (Å²) < 4.78 is 1.32. The molecule has 3 aromatic rings. The van der Waals surface area contributed by atoms with Gasteiger partial charge in [0, 0.05) is 10.4 Å². The third kappa shape index (κ3) is 3.46. The number of halogens is 1. The number of nitrogens with two attached hydrogens (primary N) is 1. The fourth-order valence-corrected chi connectivity index (χ4v) is 5.24. The van der Waals surface area contributed by atoms with Gasteiger partial charge in [-0.15, -0.1) is 21.5 Å². The minimum absolute atomic E-state index is 0.102. The monoisotopic (exact) mass is 430 g/mol. The van der Waals surface area contributed by atoms with Crippen molar-refractivity contribution in [1.82, 2.24) is 14.9 Å². The van der Waals surface area contributed by atoms with Crippen LogP contribution >= 0.6 is 34.7 Å². The van der Waals surface area contributed by atoms with Gasteiger partial charge >= 0.3 is 0 Å². The van der Waals surface area contributed by atoms with Crippen LogP contribution in [0.5, 0.6) is 0 Å². The van der Waals surface area contributed by atoms with E-state index in [1.807, 2.05) is 12.1 Å².